The second kappa shape index (κ2) is 7.17. The summed E-state index contributed by atoms with van der Waals surface area (Å²) in [6.07, 6.45) is -0.589. The summed E-state index contributed by atoms with van der Waals surface area (Å²) in [5, 5.41) is 10.9. The molecule has 4 N–H and O–H groups in total. The maximum Gasteiger partial charge on any atom is 0.387 e. The molecule has 2 amide bonds. The van der Waals surface area contributed by atoms with Crippen molar-refractivity contribution in [3.8, 4) is 5.75 Å². The Labute approximate surface area is 117 Å². The van der Waals surface area contributed by atoms with Crippen molar-refractivity contribution in [3.63, 3.8) is 0 Å². The first-order chi connectivity index (χ1) is 9.79. The van der Waals surface area contributed by atoms with Crippen LogP contribution in [0.25, 0.3) is 0 Å². The third-order valence-electron chi connectivity index (χ3n) is 2.33. The molecule has 0 bridgehead atoms. The smallest absolute Gasteiger partial charge is 0.387 e. The van der Waals surface area contributed by atoms with E-state index in [2.05, 4.69) is 10.1 Å². The molecule has 0 aliphatic heterocycles. The maximum atomic E-state index is 12.1. The van der Waals surface area contributed by atoms with Crippen molar-refractivity contribution < 1.29 is 33.0 Å². The summed E-state index contributed by atoms with van der Waals surface area (Å²) >= 11 is 0. The minimum atomic E-state index is -3.05. The number of carbonyl (C=O) groups excluding carboxylic acids is 2. The number of alkyl halides is 2. The number of nitrogens with two attached hydrogens (primary N) is 1. The fourth-order valence-corrected chi connectivity index (χ4v) is 1.46. The van der Waals surface area contributed by atoms with Crippen molar-refractivity contribution >= 4 is 17.8 Å². The van der Waals surface area contributed by atoms with Crippen LogP contribution >= 0.6 is 0 Å². The molecule has 21 heavy (non-hydrogen) atoms. The molecule has 0 heterocycles. The molecule has 0 aliphatic rings. The van der Waals surface area contributed by atoms with Gasteiger partial charge in [-0.3, -0.25) is 9.59 Å². The summed E-state index contributed by atoms with van der Waals surface area (Å²) in [5.74, 6) is -3.46. The third kappa shape index (κ3) is 5.43. The third-order valence-corrected chi connectivity index (χ3v) is 2.33. The molecule has 0 aliphatic carbocycles. The lowest BCUT2D eigenvalue weighted by molar-refractivity contribution is -0.140. The number of carboxylic acids is 1. The van der Waals surface area contributed by atoms with E-state index in [1.54, 1.807) is 0 Å². The van der Waals surface area contributed by atoms with Crippen molar-refractivity contribution in [3.05, 3.63) is 29.8 Å². The van der Waals surface area contributed by atoms with Gasteiger partial charge in [0.1, 0.15) is 11.8 Å². The average Bonchev–Trinajstić information content (AvgIpc) is 2.36. The molecular formula is C12H12F2N2O5. The minimum Gasteiger partial charge on any atom is -0.480 e. The van der Waals surface area contributed by atoms with Gasteiger partial charge in [0.25, 0.3) is 5.91 Å². The van der Waals surface area contributed by atoms with Crippen LogP contribution in [-0.2, 0) is 9.59 Å². The molecule has 1 atom stereocenters. The number of carboxylic acid groups (broad SMARTS) is 1. The van der Waals surface area contributed by atoms with Crippen LogP contribution < -0.4 is 15.8 Å². The predicted octanol–water partition coefficient (Wildman–Crippen LogP) is 0.346. The van der Waals surface area contributed by atoms with Gasteiger partial charge in [0.2, 0.25) is 5.91 Å². The van der Waals surface area contributed by atoms with Gasteiger partial charge in [-0.1, -0.05) is 6.07 Å². The molecule has 0 spiro atoms. The monoisotopic (exact) mass is 302 g/mol. The average molecular weight is 302 g/mol. The van der Waals surface area contributed by atoms with E-state index in [1.165, 1.54) is 18.2 Å². The first kappa shape index (κ1) is 16.3. The van der Waals surface area contributed by atoms with Crippen molar-refractivity contribution in [2.45, 2.75) is 19.1 Å². The Morgan fingerprint density at radius 3 is 2.52 bits per heavy atom. The van der Waals surface area contributed by atoms with Gasteiger partial charge in [-0.25, -0.2) is 4.79 Å². The number of amides is 2. The largest absolute Gasteiger partial charge is 0.480 e. The zero-order chi connectivity index (χ0) is 16.0. The fraction of sp³-hybridized carbons (Fsp3) is 0.250. The zero-order valence-corrected chi connectivity index (χ0v) is 10.6. The van der Waals surface area contributed by atoms with Crippen LogP contribution in [0.3, 0.4) is 0 Å². The van der Waals surface area contributed by atoms with Gasteiger partial charge in [-0.15, -0.1) is 0 Å². The summed E-state index contributed by atoms with van der Waals surface area (Å²) < 4.78 is 28.2. The first-order valence-corrected chi connectivity index (χ1v) is 5.66. The molecule has 9 heteroatoms. The second-order valence-corrected chi connectivity index (χ2v) is 3.94. The highest BCUT2D eigenvalue weighted by atomic mass is 19.3. The van der Waals surface area contributed by atoms with Gasteiger partial charge < -0.3 is 20.9 Å². The van der Waals surface area contributed by atoms with Crippen molar-refractivity contribution in [1.82, 2.24) is 5.32 Å². The minimum absolute atomic E-state index is 0.0936. The molecule has 0 saturated carbocycles. The number of benzene rings is 1. The number of hydrogen-bond donors (Lipinski definition) is 3. The Kier molecular flexibility index (Phi) is 5.58. The van der Waals surface area contributed by atoms with Crippen LogP contribution in [0.15, 0.2) is 24.3 Å². The Hall–Kier alpha value is -2.71. The fourth-order valence-electron chi connectivity index (χ4n) is 1.46. The summed E-state index contributed by atoms with van der Waals surface area (Å²) in [6, 6.07) is 3.29. The van der Waals surface area contributed by atoms with Crippen LogP contribution in [0.5, 0.6) is 5.75 Å². The van der Waals surface area contributed by atoms with Gasteiger partial charge in [0, 0.05) is 5.56 Å². The Morgan fingerprint density at radius 2 is 2.00 bits per heavy atom. The first-order valence-electron chi connectivity index (χ1n) is 5.66. The van der Waals surface area contributed by atoms with Crippen LogP contribution in [0.1, 0.15) is 16.8 Å². The van der Waals surface area contributed by atoms with E-state index in [9.17, 15) is 23.2 Å². The topological polar surface area (TPSA) is 119 Å². The number of halogens is 2. The number of hydrogen-bond acceptors (Lipinski definition) is 4. The molecule has 7 nitrogen and oxygen atoms in total. The molecule has 1 aromatic carbocycles. The maximum absolute atomic E-state index is 12.1. The normalized spacial score (nSPS) is 11.8. The molecule has 1 aromatic rings. The number of aliphatic carboxylic acids is 1. The van der Waals surface area contributed by atoms with Gasteiger partial charge >= 0.3 is 12.6 Å². The molecule has 0 radical (unpaired) electrons. The standard InChI is InChI=1S/C12H12F2N2O5/c13-12(14)21-7-3-1-2-6(4-7)10(18)16-8(11(19)20)5-9(15)17/h1-4,8,12H,5H2,(H2,15,17)(H,16,18)(H,19,20)/t8-/m0/s1. The van der Waals surface area contributed by atoms with Crippen LogP contribution in [-0.4, -0.2) is 35.5 Å². The summed E-state index contributed by atoms with van der Waals surface area (Å²) in [5.41, 5.74) is 4.77. The van der Waals surface area contributed by atoms with E-state index in [1.807, 2.05) is 0 Å². The molecular weight excluding hydrogens is 290 g/mol. The number of rotatable bonds is 7. The highest BCUT2D eigenvalue weighted by molar-refractivity contribution is 5.97. The lowest BCUT2D eigenvalue weighted by atomic mass is 10.1. The van der Waals surface area contributed by atoms with E-state index in [4.69, 9.17) is 10.8 Å². The number of nitrogens with one attached hydrogen (secondary N) is 1. The molecule has 1 rings (SSSR count). The van der Waals surface area contributed by atoms with Gasteiger partial charge in [0.15, 0.2) is 0 Å². The highest BCUT2D eigenvalue weighted by Gasteiger charge is 2.23. The number of primary amides is 1. The predicted molar refractivity (Wildman–Crippen MR) is 65.8 cm³/mol. The summed E-state index contributed by atoms with van der Waals surface area (Å²) in [4.78, 5) is 33.4. The number of carbonyl (C=O) groups is 3. The molecule has 0 aromatic heterocycles. The summed E-state index contributed by atoms with van der Waals surface area (Å²) in [6.45, 7) is -3.05. The quantitative estimate of drug-likeness (QED) is 0.671. The second-order valence-electron chi connectivity index (χ2n) is 3.94. The molecule has 114 valence electrons. The Bertz CT molecular complexity index is 550. The Balaban J connectivity index is 2.82. The van der Waals surface area contributed by atoms with E-state index < -0.39 is 36.9 Å². The van der Waals surface area contributed by atoms with Crippen molar-refractivity contribution in [2.24, 2.45) is 5.73 Å². The Morgan fingerprint density at radius 1 is 1.33 bits per heavy atom. The van der Waals surface area contributed by atoms with Crippen LogP contribution in [0, 0.1) is 0 Å². The molecule has 0 fully saturated rings. The van der Waals surface area contributed by atoms with Gasteiger partial charge in [-0.2, -0.15) is 8.78 Å². The van der Waals surface area contributed by atoms with E-state index in [0.717, 1.165) is 6.07 Å². The molecule has 0 saturated heterocycles. The van der Waals surface area contributed by atoms with Crippen molar-refractivity contribution in [2.75, 3.05) is 0 Å². The van der Waals surface area contributed by atoms with E-state index >= 15 is 0 Å². The van der Waals surface area contributed by atoms with Crippen molar-refractivity contribution in [1.29, 1.82) is 0 Å². The lowest BCUT2D eigenvalue weighted by Crippen LogP contribution is -2.43. The van der Waals surface area contributed by atoms with Crippen LogP contribution in [0.2, 0.25) is 0 Å². The molecule has 0 unspecified atom stereocenters. The van der Waals surface area contributed by atoms with E-state index in [0.29, 0.717) is 0 Å². The highest BCUT2D eigenvalue weighted by Crippen LogP contribution is 2.16. The summed E-state index contributed by atoms with van der Waals surface area (Å²) in [7, 11) is 0. The van der Waals surface area contributed by atoms with Gasteiger partial charge in [-0.05, 0) is 18.2 Å². The van der Waals surface area contributed by atoms with Gasteiger partial charge in [0.05, 0.1) is 6.42 Å². The lowest BCUT2D eigenvalue weighted by Gasteiger charge is -2.13. The van der Waals surface area contributed by atoms with Crippen LogP contribution in [0.4, 0.5) is 8.78 Å². The SMILES string of the molecule is NC(=O)C[C@H](NC(=O)c1cccc(OC(F)F)c1)C(=O)O. The zero-order valence-electron chi connectivity index (χ0n) is 10.6. The number of ether oxygens (including phenoxy) is 1. The van der Waals surface area contributed by atoms with E-state index in [-0.39, 0.29) is 11.3 Å².